The first-order valence-electron chi connectivity index (χ1n) is 5.55. The van der Waals surface area contributed by atoms with Crippen molar-refractivity contribution >= 4 is 27.3 Å². The zero-order valence-corrected chi connectivity index (χ0v) is 12.3. The maximum atomic E-state index is 3.62. The zero-order chi connectivity index (χ0) is 11.4. The second-order valence-electron chi connectivity index (χ2n) is 4.28. The summed E-state index contributed by atoms with van der Waals surface area (Å²) < 4.78 is 1.27. The molecule has 3 heteroatoms. The number of hydrogen-bond acceptors (Lipinski definition) is 2. The molecular formula is C12H20BrNS. The lowest BCUT2D eigenvalue weighted by Crippen LogP contribution is -2.25. The number of halogens is 1. The van der Waals surface area contributed by atoms with Gasteiger partial charge in [0.1, 0.15) is 0 Å². The number of nitrogens with one attached hydrogen (secondary N) is 1. The molecule has 86 valence electrons. The second kappa shape index (κ2) is 6.02. The van der Waals surface area contributed by atoms with Crippen molar-refractivity contribution in [1.29, 1.82) is 0 Å². The molecule has 15 heavy (non-hydrogen) atoms. The highest BCUT2D eigenvalue weighted by Gasteiger charge is 2.17. The van der Waals surface area contributed by atoms with E-state index in [1.54, 1.807) is 0 Å². The first-order valence-corrected chi connectivity index (χ1v) is 7.16. The van der Waals surface area contributed by atoms with Crippen molar-refractivity contribution in [3.63, 3.8) is 0 Å². The van der Waals surface area contributed by atoms with E-state index in [0.717, 1.165) is 6.54 Å². The Bertz CT molecular complexity index is 287. The average Bonchev–Trinajstić information content (AvgIpc) is 2.47. The summed E-state index contributed by atoms with van der Waals surface area (Å²) >= 11 is 5.45. The maximum Gasteiger partial charge on any atom is 0.0731 e. The molecule has 0 aliphatic heterocycles. The predicted molar refractivity (Wildman–Crippen MR) is 72.6 cm³/mol. The van der Waals surface area contributed by atoms with Crippen molar-refractivity contribution in [2.75, 3.05) is 6.54 Å². The minimum absolute atomic E-state index is 0.500. The summed E-state index contributed by atoms with van der Waals surface area (Å²) in [6, 6.07) is 2.79. The van der Waals surface area contributed by atoms with E-state index >= 15 is 0 Å². The molecule has 0 amide bonds. The molecular weight excluding hydrogens is 270 g/mol. The lowest BCUT2D eigenvalue weighted by molar-refractivity contribution is 0.418. The van der Waals surface area contributed by atoms with Gasteiger partial charge in [-0.1, -0.05) is 20.8 Å². The average molecular weight is 290 g/mol. The van der Waals surface area contributed by atoms with Gasteiger partial charge in [0.05, 0.1) is 3.79 Å². The van der Waals surface area contributed by atoms with Crippen molar-refractivity contribution in [2.24, 2.45) is 5.92 Å². The fourth-order valence-electron chi connectivity index (χ4n) is 1.60. The van der Waals surface area contributed by atoms with E-state index < -0.39 is 0 Å². The molecule has 1 N–H and O–H groups in total. The van der Waals surface area contributed by atoms with Crippen LogP contribution in [0, 0.1) is 12.8 Å². The Hall–Kier alpha value is 0.140. The summed E-state index contributed by atoms with van der Waals surface area (Å²) in [7, 11) is 0. The summed E-state index contributed by atoms with van der Waals surface area (Å²) in [6.07, 6.45) is 1.19. The monoisotopic (exact) mass is 289 g/mol. The Morgan fingerprint density at radius 2 is 2.13 bits per heavy atom. The highest BCUT2D eigenvalue weighted by Crippen LogP contribution is 2.34. The van der Waals surface area contributed by atoms with Crippen LogP contribution in [0.25, 0.3) is 0 Å². The number of hydrogen-bond donors (Lipinski definition) is 1. The Morgan fingerprint density at radius 3 is 2.53 bits per heavy atom. The third-order valence-corrected chi connectivity index (χ3v) is 4.68. The van der Waals surface area contributed by atoms with Gasteiger partial charge in [-0.25, -0.2) is 0 Å². The van der Waals surface area contributed by atoms with Crippen molar-refractivity contribution in [3.8, 4) is 0 Å². The highest BCUT2D eigenvalue weighted by molar-refractivity contribution is 9.11. The summed E-state index contributed by atoms with van der Waals surface area (Å²) in [4.78, 5) is 1.45. The molecule has 1 atom stereocenters. The molecule has 1 aromatic heterocycles. The van der Waals surface area contributed by atoms with E-state index in [-0.39, 0.29) is 0 Å². The molecule has 0 saturated heterocycles. The molecule has 1 rings (SSSR count). The fraction of sp³-hybridized carbons (Fsp3) is 0.667. The quantitative estimate of drug-likeness (QED) is 0.841. The predicted octanol–water partition coefficient (Wildman–Crippen LogP) is 4.52. The van der Waals surface area contributed by atoms with Gasteiger partial charge in [0.25, 0.3) is 0 Å². The van der Waals surface area contributed by atoms with Crippen molar-refractivity contribution in [1.82, 2.24) is 5.32 Å². The zero-order valence-electron chi connectivity index (χ0n) is 9.93. The van der Waals surface area contributed by atoms with Gasteiger partial charge in [0.15, 0.2) is 0 Å². The lowest BCUT2D eigenvalue weighted by atomic mass is 10.0. The number of thiophene rings is 1. The van der Waals surface area contributed by atoms with E-state index in [1.165, 1.54) is 20.6 Å². The van der Waals surface area contributed by atoms with Gasteiger partial charge < -0.3 is 5.32 Å². The van der Waals surface area contributed by atoms with Gasteiger partial charge in [0, 0.05) is 10.9 Å². The van der Waals surface area contributed by atoms with Crippen molar-refractivity contribution in [3.05, 3.63) is 20.3 Å². The van der Waals surface area contributed by atoms with E-state index in [0.29, 0.717) is 12.0 Å². The van der Waals surface area contributed by atoms with Crippen molar-refractivity contribution in [2.45, 2.75) is 40.2 Å². The topological polar surface area (TPSA) is 12.0 Å². The second-order valence-corrected chi connectivity index (χ2v) is 6.68. The first-order chi connectivity index (χ1) is 7.06. The Kier molecular flexibility index (Phi) is 5.30. The van der Waals surface area contributed by atoms with E-state index in [9.17, 15) is 0 Å². The van der Waals surface area contributed by atoms with Crippen LogP contribution in [-0.4, -0.2) is 6.54 Å². The molecule has 0 aliphatic carbocycles. The van der Waals surface area contributed by atoms with Crippen LogP contribution < -0.4 is 5.32 Å². The number of rotatable bonds is 5. The maximum absolute atomic E-state index is 3.62. The summed E-state index contributed by atoms with van der Waals surface area (Å²) in [5, 5.41) is 3.62. The summed E-state index contributed by atoms with van der Waals surface area (Å²) in [6.45, 7) is 10.0. The SMILES string of the molecule is CCCNC(c1cc(C)c(Br)s1)C(C)C. The summed E-state index contributed by atoms with van der Waals surface area (Å²) in [5.74, 6) is 0.640. The summed E-state index contributed by atoms with van der Waals surface area (Å²) in [5.41, 5.74) is 1.35. The molecule has 1 heterocycles. The molecule has 1 unspecified atom stereocenters. The Balaban J connectivity index is 2.79. The van der Waals surface area contributed by atoms with Crippen LogP contribution in [0.15, 0.2) is 9.85 Å². The molecule has 0 aromatic carbocycles. The highest BCUT2D eigenvalue weighted by atomic mass is 79.9. The van der Waals surface area contributed by atoms with Gasteiger partial charge in [-0.2, -0.15) is 0 Å². The normalized spacial score (nSPS) is 13.5. The van der Waals surface area contributed by atoms with Gasteiger partial charge in [-0.05, 0) is 53.4 Å². The Labute approximate surface area is 105 Å². The van der Waals surface area contributed by atoms with Gasteiger partial charge in [-0.3, -0.25) is 0 Å². The third-order valence-electron chi connectivity index (χ3n) is 2.46. The van der Waals surface area contributed by atoms with E-state index in [1.807, 2.05) is 11.3 Å². The first kappa shape index (κ1) is 13.2. The standard InChI is InChI=1S/C12H20BrNS/c1-5-6-14-11(8(2)3)10-7-9(4)12(13)15-10/h7-8,11,14H,5-6H2,1-4H3. The minimum atomic E-state index is 0.500. The molecule has 0 fully saturated rings. The van der Waals surface area contributed by atoms with Crippen LogP contribution >= 0.6 is 27.3 Å². The van der Waals surface area contributed by atoms with E-state index in [2.05, 4.69) is 55.0 Å². The Morgan fingerprint density at radius 1 is 1.47 bits per heavy atom. The molecule has 1 nitrogen and oxygen atoms in total. The van der Waals surface area contributed by atoms with Crippen LogP contribution in [0.1, 0.15) is 43.7 Å². The molecule has 0 bridgehead atoms. The molecule has 1 aromatic rings. The van der Waals surface area contributed by atoms with E-state index in [4.69, 9.17) is 0 Å². The molecule has 0 aliphatic rings. The third kappa shape index (κ3) is 3.58. The van der Waals surface area contributed by atoms with Crippen LogP contribution in [0.2, 0.25) is 0 Å². The van der Waals surface area contributed by atoms with Crippen LogP contribution in [0.5, 0.6) is 0 Å². The molecule has 0 radical (unpaired) electrons. The molecule has 0 spiro atoms. The number of aryl methyl sites for hydroxylation is 1. The smallest absolute Gasteiger partial charge is 0.0731 e. The minimum Gasteiger partial charge on any atom is -0.309 e. The van der Waals surface area contributed by atoms with Crippen LogP contribution in [0.3, 0.4) is 0 Å². The van der Waals surface area contributed by atoms with Gasteiger partial charge in [0.2, 0.25) is 0 Å². The van der Waals surface area contributed by atoms with Crippen LogP contribution in [0.4, 0.5) is 0 Å². The van der Waals surface area contributed by atoms with Crippen LogP contribution in [-0.2, 0) is 0 Å². The van der Waals surface area contributed by atoms with Gasteiger partial charge >= 0.3 is 0 Å². The largest absolute Gasteiger partial charge is 0.309 e. The van der Waals surface area contributed by atoms with Crippen molar-refractivity contribution < 1.29 is 0 Å². The van der Waals surface area contributed by atoms with Gasteiger partial charge in [-0.15, -0.1) is 11.3 Å². The fourth-order valence-corrected chi connectivity index (χ4v) is 3.42. The molecule has 0 saturated carbocycles. The lowest BCUT2D eigenvalue weighted by Gasteiger charge is -2.20.